The molecule has 0 saturated heterocycles. The molecule has 0 aliphatic carbocycles. The summed E-state index contributed by atoms with van der Waals surface area (Å²) in [6.07, 6.45) is 1.90. The van der Waals surface area contributed by atoms with E-state index in [9.17, 15) is 0 Å². The number of benzene rings is 3. The van der Waals surface area contributed by atoms with Gasteiger partial charge in [-0.25, -0.2) is 0 Å². The summed E-state index contributed by atoms with van der Waals surface area (Å²) in [6, 6.07) is 28.0. The topological polar surface area (TPSA) is 18.5 Å². The van der Waals surface area contributed by atoms with E-state index in [4.69, 9.17) is 9.47 Å². The van der Waals surface area contributed by atoms with Crippen molar-refractivity contribution in [2.45, 2.75) is 6.10 Å². The van der Waals surface area contributed by atoms with Gasteiger partial charge < -0.3 is 9.47 Å². The number of methoxy groups -OCH3 is 1. The third kappa shape index (κ3) is 3.92. The van der Waals surface area contributed by atoms with Gasteiger partial charge in [0.05, 0.1) is 7.11 Å². The number of hydrogen-bond acceptors (Lipinski definition) is 2. The average molecular weight is 303 g/mol. The summed E-state index contributed by atoms with van der Waals surface area (Å²) in [5.74, 6) is 1.68. The second kappa shape index (κ2) is 7.50. The Morgan fingerprint density at radius 3 is 2.04 bits per heavy atom. The van der Waals surface area contributed by atoms with Gasteiger partial charge in [0.15, 0.2) is 0 Å². The van der Waals surface area contributed by atoms with E-state index >= 15 is 0 Å². The monoisotopic (exact) mass is 303 g/mol. The lowest BCUT2D eigenvalue weighted by atomic mass is 10.0. The lowest BCUT2D eigenvalue weighted by Crippen LogP contribution is -2.09. The van der Waals surface area contributed by atoms with Crippen LogP contribution >= 0.6 is 0 Å². The van der Waals surface area contributed by atoms with Crippen molar-refractivity contribution in [3.63, 3.8) is 0 Å². The predicted molar refractivity (Wildman–Crippen MR) is 92.6 cm³/mol. The minimum Gasteiger partial charge on any atom is -0.496 e. The average Bonchev–Trinajstić information content (AvgIpc) is 2.63. The van der Waals surface area contributed by atoms with E-state index in [0.717, 1.165) is 22.6 Å². The molecule has 1 radical (unpaired) electrons. The van der Waals surface area contributed by atoms with Gasteiger partial charge in [0.1, 0.15) is 17.6 Å². The van der Waals surface area contributed by atoms with Gasteiger partial charge in [-0.15, -0.1) is 0 Å². The van der Waals surface area contributed by atoms with Crippen LogP contribution in [-0.4, -0.2) is 7.11 Å². The first-order valence-corrected chi connectivity index (χ1v) is 7.61. The molecule has 0 spiro atoms. The standard InChI is InChI=1S/C21H19O2/c1-22-20-15-9-8-12-18(20)16-21(17-10-4-2-5-11-17)23-19-13-6-3-7-14-19/h2-16,21H,1H3. The van der Waals surface area contributed by atoms with Crippen LogP contribution in [-0.2, 0) is 0 Å². The van der Waals surface area contributed by atoms with Crippen LogP contribution in [0.3, 0.4) is 0 Å². The smallest absolute Gasteiger partial charge is 0.131 e. The maximum atomic E-state index is 6.19. The van der Waals surface area contributed by atoms with Crippen molar-refractivity contribution in [2.75, 3.05) is 7.11 Å². The van der Waals surface area contributed by atoms with Crippen LogP contribution < -0.4 is 9.47 Å². The highest BCUT2D eigenvalue weighted by molar-refractivity contribution is 5.41. The van der Waals surface area contributed by atoms with Gasteiger partial charge in [-0.1, -0.05) is 66.7 Å². The fourth-order valence-corrected chi connectivity index (χ4v) is 2.45. The summed E-state index contributed by atoms with van der Waals surface area (Å²) in [7, 11) is 1.68. The van der Waals surface area contributed by atoms with Crippen LogP contribution in [0.2, 0.25) is 0 Å². The van der Waals surface area contributed by atoms with E-state index < -0.39 is 0 Å². The van der Waals surface area contributed by atoms with Crippen LogP contribution in [0.5, 0.6) is 11.5 Å². The lowest BCUT2D eigenvalue weighted by molar-refractivity contribution is 0.241. The zero-order valence-electron chi connectivity index (χ0n) is 13.1. The highest BCUT2D eigenvalue weighted by Crippen LogP contribution is 2.30. The number of para-hydroxylation sites is 2. The molecule has 2 heteroatoms. The summed E-state index contributed by atoms with van der Waals surface area (Å²) in [4.78, 5) is 0. The zero-order valence-corrected chi connectivity index (χ0v) is 13.1. The van der Waals surface area contributed by atoms with Gasteiger partial charge in [0, 0.05) is 12.0 Å². The summed E-state index contributed by atoms with van der Waals surface area (Å²) < 4.78 is 11.6. The molecule has 3 aromatic rings. The molecular formula is C21H19O2. The molecule has 0 bridgehead atoms. The Morgan fingerprint density at radius 2 is 1.35 bits per heavy atom. The van der Waals surface area contributed by atoms with Crippen LogP contribution in [0.4, 0.5) is 0 Å². The quantitative estimate of drug-likeness (QED) is 0.633. The molecule has 2 nitrogen and oxygen atoms in total. The normalized spacial score (nSPS) is 11.7. The molecule has 3 aromatic carbocycles. The summed E-state index contributed by atoms with van der Waals surface area (Å²) in [5, 5.41) is 0. The van der Waals surface area contributed by atoms with Crippen molar-refractivity contribution in [1.82, 2.24) is 0 Å². The maximum Gasteiger partial charge on any atom is 0.131 e. The van der Waals surface area contributed by atoms with Gasteiger partial charge in [-0.2, -0.15) is 0 Å². The third-order valence-electron chi connectivity index (χ3n) is 3.60. The molecule has 1 atom stereocenters. The molecule has 1 unspecified atom stereocenters. The van der Waals surface area contributed by atoms with Gasteiger partial charge >= 0.3 is 0 Å². The van der Waals surface area contributed by atoms with Gasteiger partial charge in [-0.05, 0) is 23.8 Å². The van der Waals surface area contributed by atoms with Crippen LogP contribution in [0.15, 0.2) is 84.9 Å². The summed E-state index contributed by atoms with van der Waals surface area (Å²) in [6.45, 7) is 0. The van der Waals surface area contributed by atoms with E-state index in [0.29, 0.717) is 0 Å². The Labute approximate surface area is 137 Å². The molecule has 115 valence electrons. The van der Waals surface area contributed by atoms with E-state index in [1.807, 2.05) is 72.8 Å². The molecule has 0 aliphatic heterocycles. The highest BCUT2D eigenvalue weighted by atomic mass is 16.5. The Morgan fingerprint density at radius 1 is 0.739 bits per heavy atom. The van der Waals surface area contributed by atoms with Crippen molar-refractivity contribution >= 4 is 0 Å². The number of ether oxygens (including phenoxy) is 2. The highest BCUT2D eigenvalue weighted by Gasteiger charge is 2.17. The van der Waals surface area contributed by atoms with Gasteiger partial charge in [-0.3, -0.25) is 0 Å². The van der Waals surface area contributed by atoms with Crippen molar-refractivity contribution in [2.24, 2.45) is 0 Å². The molecule has 0 saturated carbocycles. The molecule has 0 aromatic heterocycles. The van der Waals surface area contributed by atoms with Crippen LogP contribution in [0, 0.1) is 6.42 Å². The minimum absolute atomic E-state index is 0.185. The molecule has 3 rings (SSSR count). The van der Waals surface area contributed by atoms with Gasteiger partial charge in [0.2, 0.25) is 0 Å². The second-order valence-electron chi connectivity index (χ2n) is 5.17. The molecule has 0 heterocycles. The summed E-state index contributed by atoms with van der Waals surface area (Å²) in [5.41, 5.74) is 2.11. The van der Waals surface area contributed by atoms with E-state index in [1.165, 1.54) is 0 Å². The summed E-state index contributed by atoms with van der Waals surface area (Å²) >= 11 is 0. The molecule has 0 amide bonds. The van der Waals surface area contributed by atoms with Crippen LogP contribution in [0.1, 0.15) is 17.2 Å². The molecular weight excluding hydrogens is 284 g/mol. The fraction of sp³-hybridized carbons (Fsp3) is 0.0952. The lowest BCUT2D eigenvalue weighted by Gasteiger charge is -2.20. The zero-order chi connectivity index (χ0) is 15.9. The van der Waals surface area contributed by atoms with E-state index in [2.05, 4.69) is 18.6 Å². The second-order valence-corrected chi connectivity index (χ2v) is 5.17. The molecule has 0 aliphatic rings. The Hall–Kier alpha value is -2.74. The Bertz CT molecular complexity index is 723. The minimum atomic E-state index is -0.185. The number of hydrogen-bond donors (Lipinski definition) is 0. The SMILES string of the molecule is COc1ccccc1[CH]C(Oc1ccccc1)c1ccccc1. The first-order valence-electron chi connectivity index (χ1n) is 7.61. The first kappa shape index (κ1) is 15.2. The molecule has 0 fully saturated rings. The fourth-order valence-electron chi connectivity index (χ4n) is 2.45. The Kier molecular flexibility index (Phi) is 4.95. The maximum absolute atomic E-state index is 6.19. The molecule has 0 N–H and O–H groups in total. The van der Waals surface area contributed by atoms with Crippen molar-refractivity contribution in [3.8, 4) is 11.5 Å². The van der Waals surface area contributed by atoms with Crippen molar-refractivity contribution < 1.29 is 9.47 Å². The van der Waals surface area contributed by atoms with Gasteiger partial charge in [0.25, 0.3) is 0 Å². The third-order valence-corrected chi connectivity index (χ3v) is 3.60. The number of rotatable bonds is 6. The molecule has 23 heavy (non-hydrogen) atoms. The van der Waals surface area contributed by atoms with E-state index in [1.54, 1.807) is 7.11 Å². The first-order chi connectivity index (χ1) is 11.4. The van der Waals surface area contributed by atoms with E-state index in [-0.39, 0.29) is 6.10 Å². The Balaban J connectivity index is 1.89. The largest absolute Gasteiger partial charge is 0.496 e. The van der Waals surface area contributed by atoms with Crippen molar-refractivity contribution in [1.29, 1.82) is 0 Å². The van der Waals surface area contributed by atoms with Crippen molar-refractivity contribution in [3.05, 3.63) is 102 Å². The van der Waals surface area contributed by atoms with Crippen LogP contribution in [0.25, 0.3) is 0 Å². The predicted octanol–water partition coefficient (Wildman–Crippen LogP) is 5.07.